The smallest absolute Gasteiger partial charge is 0.133 e. The molecule has 0 bridgehead atoms. The molecule has 3 unspecified atom stereocenters. The number of hydrogen-bond acceptors (Lipinski definition) is 3. The normalized spacial score (nSPS) is 25.4. The second-order valence-corrected chi connectivity index (χ2v) is 5.54. The Kier molecular flexibility index (Phi) is 4.23. The van der Waals surface area contributed by atoms with Crippen molar-refractivity contribution in [2.75, 3.05) is 18.0 Å². The van der Waals surface area contributed by atoms with Crippen LogP contribution in [0, 0.1) is 5.92 Å². The fraction of sp³-hybridized carbons (Fsp3) is 0.667. The van der Waals surface area contributed by atoms with Crippen molar-refractivity contribution < 1.29 is 0 Å². The van der Waals surface area contributed by atoms with Gasteiger partial charge in [-0.2, -0.15) is 0 Å². The zero-order valence-electron chi connectivity index (χ0n) is 12.0. The van der Waals surface area contributed by atoms with Crippen molar-refractivity contribution in [2.45, 2.75) is 46.2 Å². The van der Waals surface area contributed by atoms with Crippen LogP contribution in [-0.2, 0) is 0 Å². The van der Waals surface area contributed by atoms with Crippen LogP contribution in [0.2, 0.25) is 0 Å². The van der Waals surface area contributed by atoms with Gasteiger partial charge in [-0.3, -0.25) is 0 Å². The Hall–Kier alpha value is -1.09. The fourth-order valence-corrected chi connectivity index (χ4v) is 3.00. The van der Waals surface area contributed by atoms with E-state index in [1.807, 2.05) is 12.3 Å². The van der Waals surface area contributed by atoms with Crippen LogP contribution in [-0.4, -0.2) is 24.1 Å². The first-order chi connectivity index (χ1) is 8.63. The number of nitrogens with one attached hydrogen (secondary N) is 1. The highest BCUT2D eigenvalue weighted by atomic mass is 15.2. The first-order valence-electron chi connectivity index (χ1n) is 7.08. The zero-order chi connectivity index (χ0) is 13.1. The van der Waals surface area contributed by atoms with Gasteiger partial charge in [-0.1, -0.05) is 19.9 Å². The molecule has 1 aliphatic heterocycles. The number of anilines is 1. The average Bonchev–Trinajstić information content (AvgIpc) is 2.69. The molecule has 2 rings (SSSR count). The minimum Gasteiger partial charge on any atom is -0.353 e. The van der Waals surface area contributed by atoms with Crippen LogP contribution in [0.5, 0.6) is 0 Å². The Morgan fingerprint density at radius 3 is 2.89 bits per heavy atom. The number of aromatic nitrogens is 1. The Morgan fingerprint density at radius 2 is 2.28 bits per heavy atom. The first-order valence-corrected chi connectivity index (χ1v) is 7.08. The van der Waals surface area contributed by atoms with E-state index in [1.54, 1.807) is 0 Å². The quantitative estimate of drug-likeness (QED) is 0.886. The Balaban J connectivity index is 2.27. The Morgan fingerprint density at radius 1 is 1.50 bits per heavy atom. The van der Waals surface area contributed by atoms with Crippen LogP contribution in [0.15, 0.2) is 18.3 Å². The highest BCUT2D eigenvalue weighted by Gasteiger charge is 2.29. The van der Waals surface area contributed by atoms with Crippen LogP contribution in [0.25, 0.3) is 0 Å². The van der Waals surface area contributed by atoms with E-state index in [2.05, 4.69) is 49.0 Å². The molecular formula is C15H25N3. The summed E-state index contributed by atoms with van der Waals surface area (Å²) in [7, 11) is 0. The third kappa shape index (κ3) is 2.66. The van der Waals surface area contributed by atoms with E-state index < -0.39 is 0 Å². The molecule has 3 heteroatoms. The minimum absolute atomic E-state index is 0.363. The third-order valence-corrected chi connectivity index (χ3v) is 3.85. The van der Waals surface area contributed by atoms with Gasteiger partial charge in [0.05, 0.1) is 0 Å². The zero-order valence-corrected chi connectivity index (χ0v) is 12.0. The molecule has 0 aliphatic carbocycles. The molecule has 3 nitrogen and oxygen atoms in total. The molecule has 0 aromatic carbocycles. The highest BCUT2D eigenvalue weighted by molar-refractivity contribution is 5.50. The van der Waals surface area contributed by atoms with E-state index in [4.69, 9.17) is 0 Å². The first kappa shape index (κ1) is 13.3. The topological polar surface area (TPSA) is 28.2 Å². The predicted molar refractivity (Wildman–Crippen MR) is 76.9 cm³/mol. The summed E-state index contributed by atoms with van der Waals surface area (Å²) in [6.07, 6.45) is 3.18. The molecule has 0 radical (unpaired) electrons. The van der Waals surface area contributed by atoms with E-state index in [0.717, 1.165) is 19.0 Å². The predicted octanol–water partition coefficient (Wildman–Crippen LogP) is 2.99. The summed E-state index contributed by atoms with van der Waals surface area (Å²) in [6.45, 7) is 11.1. The molecule has 1 fully saturated rings. The van der Waals surface area contributed by atoms with Gasteiger partial charge in [-0.05, 0) is 38.8 Å². The molecule has 1 saturated heterocycles. The maximum absolute atomic E-state index is 4.63. The monoisotopic (exact) mass is 247 g/mol. The van der Waals surface area contributed by atoms with Gasteiger partial charge in [-0.15, -0.1) is 0 Å². The van der Waals surface area contributed by atoms with Crippen LogP contribution in [0.1, 0.15) is 45.7 Å². The summed E-state index contributed by atoms with van der Waals surface area (Å²) >= 11 is 0. The van der Waals surface area contributed by atoms with Crippen molar-refractivity contribution in [3.8, 4) is 0 Å². The number of rotatable bonds is 4. The van der Waals surface area contributed by atoms with Gasteiger partial charge in [-0.25, -0.2) is 4.98 Å². The number of nitrogens with zero attached hydrogens (tertiary/aromatic N) is 2. The van der Waals surface area contributed by atoms with Crippen LogP contribution in [0.4, 0.5) is 5.82 Å². The molecule has 1 N–H and O–H groups in total. The molecule has 2 heterocycles. The second-order valence-electron chi connectivity index (χ2n) is 5.54. The summed E-state index contributed by atoms with van der Waals surface area (Å²) in [4.78, 5) is 7.10. The Bertz CT molecular complexity index is 391. The molecule has 1 aliphatic rings. The Labute approximate surface area is 111 Å². The molecule has 0 amide bonds. The summed E-state index contributed by atoms with van der Waals surface area (Å²) in [6, 6.07) is 5.20. The van der Waals surface area contributed by atoms with E-state index in [1.165, 1.54) is 17.8 Å². The molecule has 1 aromatic rings. The SMILES string of the molecule is CCNC(C)c1cccnc1N1CC(C)CC1C. The van der Waals surface area contributed by atoms with Crippen LogP contribution >= 0.6 is 0 Å². The van der Waals surface area contributed by atoms with Crippen molar-refractivity contribution in [3.63, 3.8) is 0 Å². The highest BCUT2D eigenvalue weighted by Crippen LogP contribution is 2.31. The average molecular weight is 247 g/mol. The minimum atomic E-state index is 0.363. The summed E-state index contributed by atoms with van der Waals surface area (Å²) in [5, 5.41) is 3.49. The van der Waals surface area contributed by atoms with Crippen molar-refractivity contribution in [1.82, 2.24) is 10.3 Å². The largest absolute Gasteiger partial charge is 0.353 e. The lowest BCUT2D eigenvalue weighted by Gasteiger charge is -2.27. The molecule has 1 aromatic heterocycles. The van der Waals surface area contributed by atoms with Crippen molar-refractivity contribution in [2.24, 2.45) is 5.92 Å². The van der Waals surface area contributed by atoms with E-state index in [0.29, 0.717) is 12.1 Å². The van der Waals surface area contributed by atoms with Gasteiger partial charge in [0.25, 0.3) is 0 Å². The molecule has 18 heavy (non-hydrogen) atoms. The van der Waals surface area contributed by atoms with Gasteiger partial charge in [0, 0.05) is 30.4 Å². The molecular weight excluding hydrogens is 222 g/mol. The van der Waals surface area contributed by atoms with E-state index in [-0.39, 0.29) is 0 Å². The molecule has 0 spiro atoms. The van der Waals surface area contributed by atoms with Crippen LogP contribution in [0.3, 0.4) is 0 Å². The van der Waals surface area contributed by atoms with Crippen molar-refractivity contribution in [3.05, 3.63) is 23.9 Å². The number of hydrogen-bond donors (Lipinski definition) is 1. The van der Waals surface area contributed by atoms with Crippen LogP contribution < -0.4 is 10.2 Å². The van der Waals surface area contributed by atoms with Crippen molar-refractivity contribution >= 4 is 5.82 Å². The van der Waals surface area contributed by atoms with Gasteiger partial charge < -0.3 is 10.2 Å². The standard InChI is InChI=1S/C15H25N3/c1-5-16-13(4)14-7-6-8-17-15(14)18-10-11(2)9-12(18)3/h6-8,11-13,16H,5,9-10H2,1-4H3. The van der Waals surface area contributed by atoms with Gasteiger partial charge in [0.1, 0.15) is 5.82 Å². The van der Waals surface area contributed by atoms with E-state index >= 15 is 0 Å². The summed E-state index contributed by atoms with van der Waals surface area (Å²) < 4.78 is 0. The maximum atomic E-state index is 4.63. The van der Waals surface area contributed by atoms with Gasteiger partial charge in [0.2, 0.25) is 0 Å². The number of pyridine rings is 1. The second kappa shape index (κ2) is 5.70. The molecule has 100 valence electrons. The molecule has 0 saturated carbocycles. The summed E-state index contributed by atoms with van der Waals surface area (Å²) in [5.41, 5.74) is 1.32. The summed E-state index contributed by atoms with van der Waals surface area (Å²) in [5.74, 6) is 1.94. The van der Waals surface area contributed by atoms with Gasteiger partial charge in [0.15, 0.2) is 0 Å². The lowest BCUT2D eigenvalue weighted by Crippen LogP contribution is -2.30. The fourth-order valence-electron chi connectivity index (χ4n) is 3.00. The third-order valence-electron chi connectivity index (χ3n) is 3.85. The van der Waals surface area contributed by atoms with E-state index in [9.17, 15) is 0 Å². The lowest BCUT2D eigenvalue weighted by molar-refractivity contribution is 0.591. The van der Waals surface area contributed by atoms with Crippen molar-refractivity contribution in [1.29, 1.82) is 0 Å². The maximum Gasteiger partial charge on any atom is 0.133 e. The molecule has 3 atom stereocenters. The lowest BCUT2D eigenvalue weighted by atomic mass is 10.1. The van der Waals surface area contributed by atoms with Gasteiger partial charge >= 0.3 is 0 Å².